The third-order valence-corrected chi connectivity index (χ3v) is 5.55. The van der Waals surface area contributed by atoms with Gasteiger partial charge in [-0.2, -0.15) is 0 Å². The van der Waals surface area contributed by atoms with Crippen LogP contribution in [0.1, 0.15) is 23.6 Å². The van der Waals surface area contributed by atoms with E-state index in [1.165, 1.54) is 22.3 Å². The second-order valence-electron chi connectivity index (χ2n) is 7.93. The van der Waals surface area contributed by atoms with E-state index in [1.807, 2.05) is 43.5 Å². The number of hydrogen-bond acceptors (Lipinski definition) is 3. The first-order valence-electron chi connectivity index (χ1n) is 10.6. The second-order valence-corrected chi connectivity index (χ2v) is 7.93. The molecule has 0 spiro atoms. The molecule has 2 N–H and O–H groups in total. The number of anilines is 1. The van der Waals surface area contributed by atoms with Gasteiger partial charge in [0.05, 0.1) is 12.3 Å². The fourth-order valence-electron chi connectivity index (χ4n) is 4.32. The summed E-state index contributed by atoms with van der Waals surface area (Å²) < 4.78 is 5.79. The Morgan fingerprint density at radius 1 is 0.806 bits per heavy atom. The molecule has 1 heterocycles. The molecule has 3 heteroatoms. The topological polar surface area (TPSA) is 48.1 Å². The molecule has 0 unspecified atom stereocenters. The Kier molecular flexibility index (Phi) is 5.77. The summed E-state index contributed by atoms with van der Waals surface area (Å²) >= 11 is 0. The monoisotopic (exact) mass is 408 g/mol. The van der Waals surface area contributed by atoms with Gasteiger partial charge in [0.1, 0.15) is 5.75 Å². The van der Waals surface area contributed by atoms with Crippen LogP contribution in [0.2, 0.25) is 0 Å². The van der Waals surface area contributed by atoms with E-state index in [9.17, 15) is 0 Å². The van der Waals surface area contributed by atoms with Gasteiger partial charge in [-0.3, -0.25) is 4.98 Å². The Hall–Kier alpha value is -3.59. The fraction of sp³-hybridized carbons (Fsp3) is 0.179. The zero-order valence-electron chi connectivity index (χ0n) is 18.6. The van der Waals surface area contributed by atoms with E-state index in [-0.39, 0.29) is 0 Å². The number of nitrogens with zero attached hydrogens (tertiary/aromatic N) is 1. The third-order valence-electron chi connectivity index (χ3n) is 5.55. The summed E-state index contributed by atoms with van der Waals surface area (Å²) in [6.45, 7) is 9.05. The number of aromatic nitrogens is 1. The quantitative estimate of drug-likeness (QED) is 0.362. The highest BCUT2D eigenvalue weighted by atomic mass is 16.5. The number of rotatable bonds is 5. The van der Waals surface area contributed by atoms with Crippen molar-refractivity contribution in [1.82, 2.24) is 4.98 Å². The third kappa shape index (κ3) is 4.17. The SMILES string of the molecule is CCOc1ccccc1-c1cc(-c2ccc(-c3c(C)cc(C)cc3C)cc2N)ccn1. The summed E-state index contributed by atoms with van der Waals surface area (Å²) in [5, 5.41) is 0. The lowest BCUT2D eigenvalue weighted by Crippen LogP contribution is -1.96. The zero-order chi connectivity index (χ0) is 22.0. The summed E-state index contributed by atoms with van der Waals surface area (Å²) in [6.07, 6.45) is 1.83. The summed E-state index contributed by atoms with van der Waals surface area (Å²) in [7, 11) is 0. The highest BCUT2D eigenvalue weighted by Crippen LogP contribution is 2.36. The van der Waals surface area contributed by atoms with Crippen molar-refractivity contribution in [3.05, 3.63) is 89.6 Å². The molecule has 0 aliphatic carbocycles. The van der Waals surface area contributed by atoms with Crippen LogP contribution in [0.25, 0.3) is 33.5 Å². The maximum absolute atomic E-state index is 6.54. The molecule has 0 fully saturated rings. The van der Waals surface area contributed by atoms with E-state index >= 15 is 0 Å². The van der Waals surface area contributed by atoms with Crippen molar-refractivity contribution < 1.29 is 4.74 Å². The number of nitrogens with two attached hydrogens (primary N) is 1. The molecule has 0 bridgehead atoms. The van der Waals surface area contributed by atoms with Crippen molar-refractivity contribution in [2.45, 2.75) is 27.7 Å². The van der Waals surface area contributed by atoms with E-state index in [0.717, 1.165) is 39.4 Å². The lowest BCUT2D eigenvalue weighted by atomic mass is 9.92. The summed E-state index contributed by atoms with van der Waals surface area (Å²) in [5.41, 5.74) is 17.4. The zero-order valence-corrected chi connectivity index (χ0v) is 18.6. The van der Waals surface area contributed by atoms with Crippen LogP contribution in [0, 0.1) is 20.8 Å². The summed E-state index contributed by atoms with van der Waals surface area (Å²) in [4.78, 5) is 4.58. The van der Waals surface area contributed by atoms with Crippen LogP contribution in [0.15, 0.2) is 72.9 Å². The molecule has 0 saturated heterocycles. The molecule has 0 aliphatic rings. The maximum Gasteiger partial charge on any atom is 0.128 e. The number of ether oxygens (including phenoxy) is 1. The first kappa shape index (κ1) is 20.7. The molecule has 1 aromatic heterocycles. The van der Waals surface area contributed by atoms with Gasteiger partial charge in [0.25, 0.3) is 0 Å². The van der Waals surface area contributed by atoms with E-state index in [2.05, 4.69) is 62.2 Å². The van der Waals surface area contributed by atoms with Crippen molar-refractivity contribution in [2.75, 3.05) is 12.3 Å². The molecule has 0 amide bonds. The number of para-hydroxylation sites is 1. The van der Waals surface area contributed by atoms with Gasteiger partial charge in [-0.1, -0.05) is 42.0 Å². The first-order chi connectivity index (χ1) is 15.0. The van der Waals surface area contributed by atoms with E-state index in [4.69, 9.17) is 10.5 Å². The minimum atomic E-state index is 0.614. The molecule has 3 aromatic carbocycles. The normalized spacial score (nSPS) is 10.8. The molecule has 4 aromatic rings. The van der Waals surface area contributed by atoms with E-state index in [0.29, 0.717) is 6.61 Å². The smallest absolute Gasteiger partial charge is 0.128 e. The van der Waals surface area contributed by atoms with E-state index in [1.54, 1.807) is 0 Å². The highest BCUT2D eigenvalue weighted by Gasteiger charge is 2.12. The Morgan fingerprint density at radius 3 is 2.26 bits per heavy atom. The average molecular weight is 409 g/mol. The molecule has 4 rings (SSSR count). The Bertz CT molecular complexity index is 1220. The van der Waals surface area contributed by atoms with Gasteiger partial charge in [0.15, 0.2) is 0 Å². The van der Waals surface area contributed by atoms with E-state index < -0.39 is 0 Å². The van der Waals surface area contributed by atoms with Crippen molar-refractivity contribution in [2.24, 2.45) is 0 Å². The summed E-state index contributed by atoms with van der Waals surface area (Å²) in [6, 6.07) is 22.8. The van der Waals surface area contributed by atoms with Crippen molar-refractivity contribution >= 4 is 5.69 Å². The molecule has 156 valence electrons. The molecule has 3 nitrogen and oxygen atoms in total. The van der Waals surface area contributed by atoms with Crippen LogP contribution < -0.4 is 10.5 Å². The largest absolute Gasteiger partial charge is 0.493 e. The number of benzene rings is 3. The van der Waals surface area contributed by atoms with Gasteiger partial charge in [0.2, 0.25) is 0 Å². The van der Waals surface area contributed by atoms with Gasteiger partial charge in [-0.25, -0.2) is 0 Å². The van der Waals surface area contributed by atoms with Crippen LogP contribution in [-0.4, -0.2) is 11.6 Å². The van der Waals surface area contributed by atoms with Gasteiger partial charge in [-0.15, -0.1) is 0 Å². The second kappa shape index (κ2) is 8.65. The number of aryl methyl sites for hydroxylation is 3. The lowest BCUT2D eigenvalue weighted by molar-refractivity contribution is 0.341. The number of pyridine rings is 1. The van der Waals surface area contributed by atoms with Gasteiger partial charge in [-0.05, 0) is 85.8 Å². The average Bonchev–Trinajstić information content (AvgIpc) is 2.74. The maximum atomic E-state index is 6.54. The van der Waals surface area contributed by atoms with Crippen LogP contribution >= 0.6 is 0 Å². The summed E-state index contributed by atoms with van der Waals surface area (Å²) in [5.74, 6) is 0.836. The van der Waals surface area contributed by atoms with Crippen LogP contribution in [0.5, 0.6) is 5.75 Å². The predicted molar refractivity (Wildman–Crippen MR) is 130 cm³/mol. The predicted octanol–water partition coefficient (Wildman–Crippen LogP) is 6.99. The van der Waals surface area contributed by atoms with Gasteiger partial charge < -0.3 is 10.5 Å². The van der Waals surface area contributed by atoms with Crippen LogP contribution in [0.4, 0.5) is 5.69 Å². The molecule has 31 heavy (non-hydrogen) atoms. The lowest BCUT2D eigenvalue weighted by Gasteiger charge is -2.15. The minimum Gasteiger partial charge on any atom is -0.493 e. The van der Waals surface area contributed by atoms with Crippen molar-refractivity contribution in [3.63, 3.8) is 0 Å². The Labute approximate surface area is 184 Å². The highest BCUT2D eigenvalue weighted by molar-refractivity contribution is 5.84. The molecule has 0 radical (unpaired) electrons. The van der Waals surface area contributed by atoms with Gasteiger partial charge >= 0.3 is 0 Å². The molecule has 0 saturated carbocycles. The molecule has 0 aliphatic heterocycles. The Balaban J connectivity index is 1.75. The first-order valence-corrected chi connectivity index (χ1v) is 10.6. The van der Waals surface area contributed by atoms with Gasteiger partial charge in [0, 0.05) is 23.0 Å². The van der Waals surface area contributed by atoms with Crippen molar-refractivity contribution in [3.8, 4) is 39.3 Å². The minimum absolute atomic E-state index is 0.614. The molecule has 0 atom stereocenters. The van der Waals surface area contributed by atoms with Crippen LogP contribution in [-0.2, 0) is 0 Å². The van der Waals surface area contributed by atoms with Crippen molar-refractivity contribution in [1.29, 1.82) is 0 Å². The number of hydrogen-bond donors (Lipinski definition) is 1. The Morgan fingerprint density at radius 2 is 1.55 bits per heavy atom. The van der Waals surface area contributed by atoms with Crippen LogP contribution in [0.3, 0.4) is 0 Å². The fourth-order valence-corrected chi connectivity index (χ4v) is 4.32. The molecular formula is C28H28N2O. The molecular weight excluding hydrogens is 380 g/mol. The standard InChI is InChI=1S/C28H28N2O/c1-5-31-27-9-7-6-8-24(27)26-17-21(12-13-30-26)23-11-10-22(16-25(23)29)28-19(3)14-18(2)15-20(28)4/h6-17H,5,29H2,1-4H3. The number of nitrogen functional groups attached to an aromatic ring is 1.